The van der Waals surface area contributed by atoms with Gasteiger partial charge in [0.2, 0.25) is 0 Å². The van der Waals surface area contributed by atoms with Gasteiger partial charge >= 0.3 is 0 Å². The van der Waals surface area contributed by atoms with Crippen molar-refractivity contribution >= 4 is 5.91 Å². The van der Waals surface area contributed by atoms with Crippen LogP contribution in [0.15, 0.2) is 42.7 Å². The molecule has 0 aliphatic heterocycles. The monoisotopic (exact) mass is 262 g/mol. The first-order valence-electron chi connectivity index (χ1n) is 5.74. The molecule has 2 aromatic rings. The van der Waals surface area contributed by atoms with Gasteiger partial charge in [-0.05, 0) is 42.8 Å². The highest BCUT2D eigenvalue weighted by Gasteiger charge is 2.13. The molecule has 1 atom stereocenters. The number of hydrogen-bond acceptors (Lipinski definition) is 2. The number of amides is 1. The lowest BCUT2D eigenvalue weighted by atomic mass is 10.1. The summed E-state index contributed by atoms with van der Waals surface area (Å²) in [6.07, 6.45) is 3.24. The van der Waals surface area contributed by atoms with E-state index in [1.807, 2.05) is 0 Å². The van der Waals surface area contributed by atoms with Crippen molar-refractivity contribution in [3.8, 4) is 0 Å². The lowest BCUT2D eigenvalue weighted by Crippen LogP contribution is -2.26. The van der Waals surface area contributed by atoms with Crippen molar-refractivity contribution in [1.29, 1.82) is 0 Å². The lowest BCUT2D eigenvalue weighted by Gasteiger charge is -2.14. The van der Waals surface area contributed by atoms with Gasteiger partial charge in [-0.25, -0.2) is 8.78 Å². The fraction of sp³-hybridized carbons (Fsp3) is 0.143. The molecule has 0 radical (unpaired) electrons. The molecule has 98 valence electrons. The molecule has 1 aromatic heterocycles. The van der Waals surface area contributed by atoms with E-state index in [1.165, 1.54) is 6.07 Å². The second kappa shape index (κ2) is 5.56. The van der Waals surface area contributed by atoms with Crippen LogP contribution in [-0.4, -0.2) is 10.9 Å². The minimum Gasteiger partial charge on any atom is -0.346 e. The van der Waals surface area contributed by atoms with E-state index in [-0.39, 0.29) is 11.6 Å². The Hall–Kier alpha value is -2.30. The van der Waals surface area contributed by atoms with Gasteiger partial charge < -0.3 is 5.32 Å². The van der Waals surface area contributed by atoms with Crippen LogP contribution < -0.4 is 5.32 Å². The highest BCUT2D eigenvalue weighted by atomic mass is 19.2. The SMILES string of the molecule is CC(NC(=O)c1ccc(F)c(F)c1)c1ccncc1. The normalized spacial score (nSPS) is 11.9. The highest BCUT2D eigenvalue weighted by molar-refractivity contribution is 5.94. The molecular formula is C14H12F2N2O. The Morgan fingerprint density at radius 1 is 1.16 bits per heavy atom. The highest BCUT2D eigenvalue weighted by Crippen LogP contribution is 2.13. The third kappa shape index (κ3) is 3.13. The number of pyridine rings is 1. The molecule has 0 saturated heterocycles. The van der Waals surface area contributed by atoms with Crippen LogP contribution in [0.25, 0.3) is 0 Å². The first kappa shape index (κ1) is 13.1. The van der Waals surface area contributed by atoms with Crippen LogP contribution >= 0.6 is 0 Å². The van der Waals surface area contributed by atoms with Crippen molar-refractivity contribution in [2.75, 3.05) is 0 Å². The summed E-state index contributed by atoms with van der Waals surface area (Å²) in [4.78, 5) is 15.8. The van der Waals surface area contributed by atoms with E-state index in [1.54, 1.807) is 31.5 Å². The maximum Gasteiger partial charge on any atom is 0.251 e. The number of hydrogen-bond donors (Lipinski definition) is 1. The molecule has 0 aliphatic rings. The minimum atomic E-state index is -1.04. The van der Waals surface area contributed by atoms with Gasteiger partial charge in [-0.2, -0.15) is 0 Å². The molecule has 0 fully saturated rings. The van der Waals surface area contributed by atoms with Crippen LogP contribution in [0.1, 0.15) is 28.9 Å². The number of nitrogens with one attached hydrogen (secondary N) is 1. The Morgan fingerprint density at radius 2 is 1.84 bits per heavy atom. The summed E-state index contributed by atoms with van der Waals surface area (Å²) in [5.74, 6) is -2.47. The maximum absolute atomic E-state index is 13.0. The van der Waals surface area contributed by atoms with Crippen LogP contribution in [-0.2, 0) is 0 Å². The summed E-state index contributed by atoms with van der Waals surface area (Å²) in [6, 6.07) is 6.36. The van der Waals surface area contributed by atoms with E-state index < -0.39 is 17.5 Å². The van der Waals surface area contributed by atoms with Gasteiger partial charge in [0, 0.05) is 18.0 Å². The number of aromatic nitrogens is 1. The predicted molar refractivity (Wildman–Crippen MR) is 66.5 cm³/mol. The quantitative estimate of drug-likeness (QED) is 0.924. The first-order chi connectivity index (χ1) is 9.08. The fourth-order valence-electron chi connectivity index (χ4n) is 1.65. The molecule has 1 amide bonds. The molecule has 1 heterocycles. The van der Waals surface area contributed by atoms with Crippen LogP contribution in [0.4, 0.5) is 8.78 Å². The van der Waals surface area contributed by atoms with Crippen LogP contribution in [0, 0.1) is 11.6 Å². The number of carbonyl (C=O) groups is 1. The molecule has 0 bridgehead atoms. The van der Waals surface area contributed by atoms with Crippen molar-refractivity contribution < 1.29 is 13.6 Å². The van der Waals surface area contributed by atoms with Crippen molar-refractivity contribution in [2.45, 2.75) is 13.0 Å². The molecule has 0 saturated carbocycles. The number of rotatable bonds is 3. The summed E-state index contributed by atoms with van der Waals surface area (Å²) in [5, 5.41) is 2.70. The topological polar surface area (TPSA) is 42.0 Å². The average Bonchev–Trinajstić information content (AvgIpc) is 2.42. The Morgan fingerprint density at radius 3 is 2.47 bits per heavy atom. The third-order valence-electron chi connectivity index (χ3n) is 2.74. The number of nitrogens with zero attached hydrogens (tertiary/aromatic N) is 1. The first-order valence-corrected chi connectivity index (χ1v) is 5.74. The molecule has 19 heavy (non-hydrogen) atoms. The van der Waals surface area contributed by atoms with Gasteiger partial charge in [-0.1, -0.05) is 0 Å². The van der Waals surface area contributed by atoms with E-state index >= 15 is 0 Å². The Kier molecular flexibility index (Phi) is 3.85. The Labute approximate surface area is 109 Å². The van der Waals surface area contributed by atoms with Gasteiger partial charge in [0.25, 0.3) is 5.91 Å². The average molecular weight is 262 g/mol. The van der Waals surface area contributed by atoms with E-state index in [0.717, 1.165) is 17.7 Å². The number of halogens is 2. The lowest BCUT2D eigenvalue weighted by molar-refractivity contribution is 0.0939. The van der Waals surface area contributed by atoms with Crippen LogP contribution in [0.3, 0.4) is 0 Å². The fourth-order valence-corrected chi connectivity index (χ4v) is 1.65. The zero-order chi connectivity index (χ0) is 13.8. The predicted octanol–water partition coefficient (Wildman–Crippen LogP) is 2.85. The zero-order valence-electron chi connectivity index (χ0n) is 10.2. The standard InChI is InChI=1S/C14H12F2N2O/c1-9(10-4-6-17-7-5-10)18-14(19)11-2-3-12(15)13(16)8-11/h2-9H,1H3,(H,18,19). The van der Waals surface area contributed by atoms with Crippen LogP contribution in [0.5, 0.6) is 0 Å². The molecule has 2 rings (SSSR count). The number of carbonyl (C=O) groups excluding carboxylic acids is 1. The molecule has 1 unspecified atom stereocenters. The minimum absolute atomic E-state index is 0.0832. The molecule has 1 aromatic carbocycles. The summed E-state index contributed by atoms with van der Waals surface area (Å²) in [5.41, 5.74) is 0.964. The number of benzene rings is 1. The molecule has 1 N–H and O–H groups in total. The summed E-state index contributed by atoms with van der Waals surface area (Å²) < 4.78 is 25.8. The second-order valence-corrected chi connectivity index (χ2v) is 4.10. The summed E-state index contributed by atoms with van der Waals surface area (Å²) in [7, 11) is 0. The van der Waals surface area contributed by atoms with Gasteiger partial charge in [-0.15, -0.1) is 0 Å². The van der Waals surface area contributed by atoms with E-state index in [0.29, 0.717) is 0 Å². The zero-order valence-corrected chi connectivity index (χ0v) is 10.2. The van der Waals surface area contributed by atoms with Gasteiger partial charge in [0.1, 0.15) is 0 Å². The largest absolute Gasteiger partial charge is 0.346 e. The van der Waals surface area contributed by atoms with Crippen molar-refractivity contribution in [2.24, 2.45) is 0 Å². The molecule has 5 heteroatoms. The van der Waals surface area contributed by atoms with Crippen molar-refractivity contribution in [3.05, 3.63) is 65.5 Å². The van der Waals surface area contributed by atoms with E-state index in [4.69, 9.17) is 0 Å². The molecular weight excluding hydrogens is 250 g/mol. The van der Waals surface area contributed by atoms with E-state index in [9.17, 15) is 13.6 Å². The third-order valence-corrected chi connectivity index (χ3v) is 2.74. The van der Waals surface area contributed by atoms with Crippen molar-refractivity contribution in [1.82, 2.24) is 10.3 Å². The van der Waals surface area contributed by atoms with Crippen LogP contribution in [0.2, 0.25) is 0 Å². The van der Waals surface area contributed by atoms with Gasteiger partial charge in [-0.3, -0.25) is 9.78 Å². The van der Waals surface area contributed by atoms with E-state index in [2.05, 4.69) is 10.3 Å². The smallest absolute Gasteiger partial charge is 0.251 e. The maximum atomic E-state index is 13.0. The van der Waals surface area contributed by atoms with Gasteiger partial charge in [0.05, 0.1) is 6.04 Å². The molecule has 3 nitrogen and oxygen atoms in total. The Bertz CT molecular complexity index is 587. The molecule has 0 spiro atoms. The summed E-state index contributed by atoms with van der Waals surface area (Å²) >= 11 is 0. The van der Waals surface area contributed by atoms with Gasteiger partial charge in [0.15, 0.2) is 11.6 Å². The summed E-state index contributed by atoms with van der Waals surface area (Å²) in [6.45, 7) is 1.80. The second-order valence-electron chi connectivity index (χ2n) is 4.10. The van der Waals surface area contributed by atoms with Crippen molar-refractivity contribution in [3.63, 3.8) is 0 Å². The Balaban J connectivity index is 2.11. The molecule has 0 aliphatic carbocycles.